The average molecular weight is 358 g/mol. The SMILES string of the molecule is CCn1nccc1C1C2=C(CC(C)(C)CC2=O)Nc2nc(SC)nn21. The molecule has 4 rings (SSSR count). The molecule has 0 saturated carbocycles. The maximum atomic E-state index is 13.0. The van der Waals surface area contributed by atoms with Gasteiger partial charge in [-0.25, -0.2) is 4.68 Å². The monoisotopic (exact) mass is 358 g/mol. The summed E-state index contributed by atoms with van der Waals surface area (Å²) in [6.45, 7) is 7.06. The van der Waals surface area contributed by atoms with Crippen LogP contribution in [0.5, 0.6) is 0 Å². The summed E-state index contributed by atoms with van der Waals surface area (Å²) in [6.07, 6.45) is 5.11. The molecule has 25 heavy (non-hydrogen) atoms. The Morgan fingerprint density at radius 1 is 1.40 bits per heavy atom. The summed E-state index contributed by atoms with van der Waals surface area (Å²) in [7, 11) is 0. The minimum atomic E-state index is -0.273. The van der Waals surface area contributed by atoms with Crippen LogP contribution < -0.4 is 5.32 Å². The van der Waals surface area contributed by atoms with Crippen LogP contribution in [0.2, 0.25) is 0 Å². The molecule has 2 aromatic heterocycles. The van der Waals surface area contributed by atoms with Crippen LogP contribution in [0, 0.1) is 5.41 Å². The van der Waals surface area contributed by atoms with Gasteiger partial charge in [0, 0.05) is 30.4 Å². The van der Waals surface area contributed by atoms with E-state index in [0.29, 0.717) is 17.5 Å². The van der Waals surface area contributed by atoms with Gasteiger partial charge >= 0.3 is 0 Å². The lowest BCUT2D eigenvalue weighted by Crippen LogP contribution is -2.37. The maximum Gasteiger partial charge on any atom is 0.227 e. The number of hydrogen-bond donors (Lipinski definition) is 1. The van der Waals surface area contributed by atoms with Crippen LogP contribution >= 0.6 is 11.8 Å². The third-order valence-electron chi connectivity index (χ3n) is 4.82. The highest BCUT2D eigenvalue weighted by Gasteiger charge is 2.42. The van der Waals surface area contributed by atoms with E-state index in [1.165, 1.54) is 11.8 Å². The van der Waals surface area contributed by atoms with Crippen molar-refractivity contribution < 1.29 is 4.79 Å². The Bertz CT molecular complexity index is 878. The molecule has 7 nitrogen and oxygen atoms in total. The third kappa shape index (κ3) is 2.59. The molecule has 0 bridgehead atoms. The number of carbonyl (C=O) groups is 1. The van der Waals surface area contributed by atoms with E-state index in [-0.39, 0.29) is 17.2 Å². The molecule has 0 amide bonds. The number of allylic oxidation sites excluding steroid dienone is 2. The highest BCUT2D eigenvalue weighted by atomic mass is 32.2. The molecule has 1 unspecified atom stereocenters. The Labute approximate surface area is 150 Å². The van der Waals surface area contributed by atoms with E-state index in [1.807, 2.05) is 28.6 Å². The molecule has 2 aliphatic rings. The molecule has 132 valence electrons. The van der Waals surface area contributed by atoms with Gasteiger partial charge in [-0.2, -0.15) is 10.1 Å². The topological polar surface area (TPSA) is 77.6 Å². The lowest BCUT2D eigenvalue weighted by atomic mass is 9.73. The molecule has 0 radical (unpaired) electrons. The Balaban J connectivity index is 1.92. The van der Waals surface area contributed by atoms with E-state index in [2.05, 4.69) is 34.3 Å². The van der Waals surface area contributed by atoms with Gasteiger partial charge in [0.05, 0.1) is 5.69 Å². The number of fused-ring (bicyclic) bond motifs is 1. The van der Waals surface area contributed by atoms with Crippen LogP contribution in [-0.2, 0) is 11.3 Å². The van der Waals surface area contributed by atoms with Crippen molar-refractivity contribution in [1.29, 1.82) is 0 Å². The minimum Gasteiger partial charge on any atom is -0.328 e. The van der Waals surface area contributed by atoms with Crippen molar-refractivity contribution in [3.05, 3.63) is 29.2 Å². The van der Waals surface area contributed by atoms with E-state index < -0.39 is 0 Å². The third-order valence-corrected chi connectivity index (χ3v) is 5.36. The van der Waals surface area contributed by atoms with Crippen LogP contribution in [0.4, 0.5) is 5.95 Å². The summed E-state index contributed by atoms with van der Waals surface area (Å²) in [5.74, 6) is 0.877. The highest BCUT2D eigenvalue weighted by Crippen LogP contribution is 2.45. The van der Waals surface area contributed by atoms with Crippen molar-refractivity contribution in [2.75, 3.05) is 11.6 Å². The summed E-state index contributed by atoms with van der Waals surface area (Å²) >= 11 is 1.50. The largest absolute Gasteiger partial charge is 0.328 e. The second-order valence-electron chi connectivity index (χ2n) is 7.30. The molecule has 0 fully saturated rings. The molecule has 1 aliphatic heterocycles. The number of aryl methyl sites for hydroxylation is 1. The van der Waals surface area contributed by atoms with E-state index in [4.69, 9.17) is 0 Å². The lowest BCUT2D eigenvalue weighted by Gasteiger charge is -2.38. The van der Waals surface area contributed by atoms with Gasteiger partial charge in [0.25, 0.3) is 0 Å². The summed E-state index contributed by atoms with van der Waals surface area (Å²) < 4.78 is 3.77. The first-order chi connectivity index (χ1) is 11.9. The normalized spacial score (nSPS) is 21.8. The van der Waals surface area contributed by atoms with Crippen LogP contribution in [0.25, 0.3) is 0 Å². The molecule has 0 saturated heterocycles. The van der Waals surface area contributed by atoms with Gasteiger partial charge in [0.15, 0.2) is 5.78 Å². The van der Waals surface area contributed by atoms with E-state index in [0.717, 1.165) is 29.9 Å². The highest BCUT2D eigenvalue weighted by molar-refractivity contribution is 7.98. The van der Waals surface area contributed by atoms with E-state index in [1.54, 1.807) is 6.20 Å². The first-order valence-corrected chi connectivity index (χ1v) is 9.71. The Morgan fingerprint density at radius 3 is 2.92 bits per heavy atom. The number of hydrogen-bond acceptors (Lipinski definition) is 6. The second-order valence-corrected chi connectivity index (χ2v) is 8.07. The van der Waals surface area contributed by atoms with Crippen molar-refractivity contribution in [1.82, 2.24) is 24.5 Å². The van der Waals surface area contributed by atoms with Gasteiger partial charge in [-0.1, -0.05) is 25.6 Å². The molecule has 2 aromatic rings. The van der Waals surface area contributed by atoms with Crippen LogP contribution in [-0.4, -0.2) is 36.6 Å². The summed E-state index contributed by atoms with van der Waals surface area (Å²) in [5.41, 5.74) is 2.70. The molecular formula is C17H22N6OS. The molecular weight excluding hydrogens is 336 g/mol. The molecule has 1 aliphatic carbocycles. The zero-order valence-corrected chi connectivity index (χ0v) is 15.7. The Kier molecular flexibility index (Phi) is 3.75. The van der Waals surface area contributed by atoms with Crippen molar-refractivity contribution >= 4 is 23.5 Å². The molecule has 8 heteroatoms. The number of aromatic nitrogens is 5. The molecule has 3 heterocycles. The zero-order chi connectivity index (χ0) is 17.8. The van der Waals surface area contributed by atoms with E-state index in [9.17, 15) is 4.79 Å². The summed E-state index contributed by atoms with van der Waals surface area (Å²) in [6, 6.07) is 1.70. The quantitative estimate of drug-likeness (QED) is 0.850. The van der Waals surface area contributed by atoms with Crippen molar-refractivity contribution in [3.8, 4) is 0 Å². The zero-order valence-electron chi connectivity index (χ0n) is 14.9. The van der Waals surface area contributed by atoms with E-state index >= 15 is 0 Å². The fourth-order valence-corrected chi connectivity index (χ4v) is 4.14. The first kappa shape index (κ1) is 16.4. The van der Waals surface area contributed by atoms with Gasteiger partial charge in [-0.3, -0.25) is 9.48 Å². The van der Waals surface area contributed by atoms with Crippen molar-refractivity contribution in [2.24, 2.45) is 5.41 Å². The summed E-state index contributed by atoms with van der Waals surface area (Å²) in [4.78, 5) is 17.6. The fraction of sp³-hybridized carbons (Fsp3) is 0.529. The number of rotatable bonds is 3. The van der Waals surface area contributed by atoms with Crippen molar-refractivity contribution in [2.45, 2.75) is 51.4 Å². The Morgan fingerprint density at radius 2 is 2.20 bits per heavy atom. The summed E-state index contributed by atoms with van der Waals surface area (Å²) in [5, 5.41) is 13.1. The number of carbonyl (C=O) groups excluding carboxylic acids is 1. The number of anilines is 1. The molecule has 0 spiro atoms. The molecule has 0 aromatic carbocycles. The molecule has 1 N–H and O–H groups in total. The van der Waals surface area contributed by atoms with Gasteiger partial charge in [0.1, 0.15) is 6.04 Å². The lowest BCUT2D eigenvalue weighted by molar-refractivity contribution is -0.118. The predicted octanol–water partition coefficient (Wildman–Crippen LogP) is 2.87. The van der Waals surface area contributed by atoms with Gasteiger partial charge in [0.2, 0.25) is 11.1 Å². The van der Waals surface area contributed by atoms with Crippen LogP contribution in [0.15, 0.2) is 28.7 Å². The number of ketones is 1. The van der Waals surface area contributed by atoms with Gasteiger partial charge < -0.3 is 5.32 Å². The van der Waals surface area contributed by atoms with Gasteiger partial charge in [-0.15, -0.1) is 5.10 Å². The molecule has 1 atom stereocenters. The standard InChI is InChI=1S/C17H22N6OS/c1-5-22-11(6-7-18-22)14-13-10(8-17(2,3)9-12(13)24)19-15-20-16(25-4)21-23(14)15/h6-7,14H,5,8-9H2,1-4H3,(H,19,20,21). The van der Waals surface area contributed by atoms with Crippen LogP contribution in [0.1, 0.15) is 45.3 Å². The number of nitrogens with zero attached hydrogens (tertiary/aromatic N) is 5. The van der Waals surface area contributed by atoms with Crippen molar-refractivity contribution in [3.63, 3.8) is 0 Å². The minimum absolute atomic E-state index is 0.0526. The number of thioether (sulfide) groups is 1. The number of nitrogens with one attached hydrogen (secondary N) is 1. The second kappa shape index (κ2) is 5.72. The number of Topliss-reactive ketones (excluding diaryl/α,β-unsaturated/α-hetero) is 1. The Hall–Kier alpha value is -2.09. The maximum absolute atomic E-state index is 13.0. The van der Waals surface area contributed by atoms with Gasteiger partial charge in [-0.05, 0) is 31.1 Å². The van der Waals surface area contributed by atoms with Crippen LogP contribution in [0.3, 0.4) is 0 Å². The fourth-order valence-electron chi connectivity index (χ4n) is 3.79. The predicted molar refractivity (Wildman–Crippen MR) is 96.5 cm³/mol. The average Bonchev–Trinajstić information content (AvgIpc) is 3.17. The smallest absolute Gasteiger partial charge is 0.227 e. The first-order valence-electron chi connectivity index (χ1n) is 8.49.